The molecule has 2 saturated heterocycles. The van der Waals surface area contributed by atoms with Crippen LogP contribution in [0.3, 0.4) is 0 Å². The van der Waals surface area contributed by atoms with Gasteiger partial charge in [0.2, 0.25) is 0 Å². The van der Waals surface area contributed by atoms with E-state index in [9.17, 15) is 0 Å². The third-order valence-corrected chi connectivity index (χ3v) is 5.36. The monoisotopic (exact) mass is 313 g/mol. The van der Waals surface area contributed by atoms with Crippen LogP contribution in [0.5, 0.6) is 0 Å². The van der Waals surface area contributed by atoms with E-state index in [1.165, 1.54) is 51.1 Å². The minimum absolute atomic E-state index is 0.543. The quantitative estimate of drug-likeness (QED) is 0.868. The molecule has 0 N–H and O–H groups in total. The Balaban J connectivity index is 1.63. The van der Waals surface area contributed by atoms with Gasteiger partial charge >= 0.3 is 0 Å². The lowest BCUT2D eigenvalue weighted by Crippen LogP contribution is -2.33. The Hall–Kier alpha value is -1.46. The fourth-order valence-corrected chi connectivity index (χ4v) is 4.13. The van der Waals surface area contributed by atoms with Crippen LogP contribution >= 0.6 is 0 Å². The predicted octanol–water partition coefficient (Wildman–Crippen LogP) is 2.34. The molecule has 5 nitrogen and oxygen atoms in total. The highest BCUT2D eigenvalue weighted by Gasteiger charge is 2.25. The predicted molar refractivity (Wildman–Crippen MR) is 92.7 cm³/mol. The first kappa shape index (κ1) is 15.1. The Morgan fingerprint density at radius 1 is 1.13 bits per heavy atom. The summed E-state index contributed by atoms with van der Waals surface area (Å²) in [5, 5.41) is 0. The van der Waals surface area contributed by atoms with Gasteiger partial charge in [-0.15, -0.1) is 0 Å². The lowest BCUT2D eigenvalue weighted by atomic mass is 9.97. The zero-order chi connectivity index (χ0) is 15.6. The molecule has 2 aromatic rings. The molecule has 0 aliphatic carbocycles. The van der Waals surface area contributed by atoms with Crippen molar-refractivity contribution in [3.63, 3.8) is 0 Å². The Kier molecular flexibility index (Phi) is 4.31. The first-order valence-corrected chi connectivity index (χ1v) is 9.03. The van der Waals surface area contributed by atoms with Gasteiger partial charge in [0.05, 0.1) is 0 Å². The molecule has 5 heteroatoms. The zero-order valence-corrected chi connectivity index (χ0v) is 14.1. The van der Waals surface area contributed by atoms with E-state index in [2.05, 4.69) is 32.5 Å². The van der Waals surface area contributed by atoms with E-state index < -0.39 is 0 Å². The Labute approximate surface area is 138 Å². The first-order valence-electron chi connectivity index (χ1n) is 9.03. The summed E-state index contributed by atoms with van der Waals surface area (Å²) in [6, 6.07) is 4.10. The van der Waals surface area contributed by atoms with Crippen LogP contribution < -0.4 is 0 Å². The smallest absolute Gasteiger partial charge is 0.160 e. The number of rotatable bonds is 4. The van der Waals surface area contributed by atoms with Gasteiger partial charge in [0, 0.05) is 31.7 Å². The molecule has 0 saturated carbocycles. The molecule has 0 spiro atoms. The van der Waals surface area contributed by atoms with Gasteiger partial charge in [-0.25, -0.2) is 9.97 Å². The number of fused-ring (bicyclic) bond motifs is 1. The van der Waals surface area contributed by atoms with Gasteiger partial charge in [-0.3, -0.25) is 0 Å². The SMILES string of the molecule is CN1CCCC(c2nc3cccnc3n2CCN2CCCC2)C1. The maximum Gasteiger partial charge on any atom is 0.160 e. The molecule has 4 heterocycles. The molecule has 124 valence electrons. The number of likely N-dealkylation sites (tertiary alicyclic amines) is 2. The van der Waals surface area contributed by atoms with Crippen molar-refractivity contribution >= 4 is 11.2 Å². The van der Waals surface area contributed by atoms with Gasteiger partial charge in [0.15, 0.2) is 5.65 Å². The van der Waals surface area contributed by atoms with Crippen molar-refractivity contribution in [1.29, 1.82) is 0 Å². The van der Waals surface area contributed by atoms with Crippen LogP contribution in [-0.4, -0.2) is 64.1 Å². The van der Waals surface area contributed by atoms with Crippen molar-refractivity contribution in [3.8, 4) is 0 Å². The number of pyridine rings is 1. The third kappa shape index (κ3) is 3.12. The lowest BCUT2D eigenvalue weighted by molar-refractivity contribution is 0.241. The molecular weight excluding hydrogens is 286 g/mol. The minimum Gasteiger partial charge on any atom is -0.311 e. The van der Waals surface area contributed by atoms with Crippen LogP contribution in [0.2, 0.25) is 0 Å². The van der Waals surface area contributed by atoms with Crippen molar-refractivity contribution in [2.75, 3.05) is 39.8 Å². The second kappa shape index (κ2) is 6.57. The normalized spacial score (nSPS) is 23.8. The molecular formula is C18H27N5. The molecule has 1 atom stereocenters. The maximum absolute atomic E-state index is 4.97. The fourth-order valence-electron chi connectivity index (χ4n) is 4.13. The highest BCUT2D eigenvalue weighted by molar-refractivity contribution is 5.71. The van der Waals surface area contributed by atoms with Gasteiger partial charge in [-0.05, 0) is 64.5 Å². The summed E-state index contributed by atoms with van der Waals surface area (Å²) in [6.07, 6.45) is 7.11. The first-order chi connectivity index (χ1) is 11.3. The van der Waals surface area contributed by atoms with E-state index in [1.54, 1.807) is 0 Å². The average Bonchev–Trinajstić information content (AvgIpc) is 3.20. The van der Waals surface area contributed by atoms with Crippen molar-refractivity contribution in [1.82, 2.24) is 24.3 Å². The topological polar surface area (TPSA) is 37.2 Å². The molecule has 2 aliphatic rings. The third-order valence-electron chi connectivity index (χ3n) is 5.36. The van der Waals surface area contributed by atoms with Crippen molar-refractivity contribution in [3.05, 3.63) is 24.2 Å². The van der Waals surface area contributed by atoms with Gasteiger partial charge in [-0.1, -0.05) is 0 Å². The summed E-state index contributed by atoms with van der Waals surface area (Å²) < 4.78 is 2.40. The van der Waals surface area contributed by atoms with Crippen molar-refractivity contribution in [2.24, 2.45) is 0 Å². The number of imidazole rings is 1. The highest BCUT2D eigenvalue weighted by atomic mass is 15.2. The molecule has 1 unspecified atom stereocenters. The second-order valence-corrected chi connectivity index (χ2v) is 7.12. The van der Waals surface area contributed by atoms with E-state index in [0.29, 0.717) is 5.92 Å². The largest absolute Gasteiger partial charge is 0.311 e. The molecule has 23 heavy (non-hydrogen) atoms. The summed E-state index contributed by atoms with van der Waals surface area (Å²) in [7, 11) is 2.22. The van der Waals surface area contributed by atoms with Crippen LogP contribution in [0, 0.1) is 0 Å². The number of aromatic nitrogens is 3. The Morgan fingerprint density at radius 2 is 2.00 bits per heavy atom. The lowest BCUT2D eigenvalue weighted by Gasteiger charge is -2.29. The summed E-state index contributed by atoms with van der Waals surface area (Å²) in [6.45, 7) is 6.97. The standard InChI is InChI=1S/C18H27N5/c1-21-9-5-6-15(14-21)17-20-16-7-4-8-19-18(16)23(17)13-12-22-10-2-3-11-22/h4,7-8,15H,2-3,5-6,9-14H2,1H3. The Bertz CT molecular complexity index is 658. The van der Waals surface area contributed by atoms with Gasteiger partial charge in [0.1, 0.15) is 11.3 Å². The van der Waals surface area contributed by atoms with Gasteiger partial charge < -0.3 is 14.4 Å². The summed E-state index contributed by atoms with van der Waals surface area (Å²) >= 11 is 0. The molecule has 2 fully saturated rings. The van der Waals surface area contributed by atoms with E-state index in [4.69, 9.17) is 4.98 Å². The van der Waals surface area contributed by atoms with E-state index >= 15 is 0 Å². The van der Waals surface area contributed by atoms with Crippen LogP contribution in [0.25, 0.3) is 11.2 Å². The van der Waals surface area contributed by atoms with Crippen LogP contribution in [0.4, 0.5) is 0 Å². The van der Waals surface area contributed by atoms with Crippen LogP contribution in [0.15, 0.2) is 18.3 Å². The highest BCUT2D eigenvalue weighted by Crippen LogP contribution is 2.28. The molecule has 0 amide bonds. The molecule has 0 bridgehead atoms. The van der Waals surface area contributed by atoms with Gasteiger partial charge in [-0.2, -0.15) is 0 Å². The summed E-state index contributed by atoms with van der Waals surface area (Å²) in [5.74, 6) is 1.80. The Morgan fingerprint density at radius 3 is 2.83 bits per heavy atom. The number of hydrogen-bond donors (Lipinski definition) is 0. The number of piperidine rings is 1. The molecule has 0 radical (unpaired) electrons. The van der Waals surface area contributed by atoms with Crippen LogP contribution in [0.1, 0.15) is 37.4 Å². The number of hydrogen-bond acceptors (Lipinski definition) is 4. The zero-order valence-electron chi connectivity index (χ0n) is 14.1. The molecule has 2 aromatic heterocycles. The summed E-state index contributed by atoms with van der Waals surface area (Å²) in [5.41, 5.74) is 2.12. The molecule has 4 rings (SSSR count). The van der Waals surface area contributed by atoms with E-state index in [-0.39, 0.29) is 0 Å². The van der Waals surface area contributed by atoms with Gasteiger partial charge in [0.25, 0.3) is 0 Å². The maximum atomic E-state index is 4.97. The fraction of sp³-hybridized carbons (Fsp3) is 0.667. The minimum atomic E-state index is 0.543. The molecule has 2 aliphatic heterocycles. The summed E-state index contributed by atoms with van der Waals surface area (Å²) in [4.78, 5) is 14.6. The van der Waals surface area contributed by atoms with Crippen LogP contribution in [-0.2, 0) is 6.54 Å². The van der Waals surface area contributed by atoms with E-state index in [0.717, 1.165) is 30.8 Å². The average molecular weight is 313 g/mol. The van der Waals surface area contributed by atoms with E-state index in [1.807, 2.05) is 12.3 Å². The second-order valence-electron chi connectivity index (χ2n) is 7.12. The number of likely N-dealkylation sites (N-methyl/N-ethyl adjacent to an activating group) is 1. The van der Waals surface area contributed by atoms with Crippen molar-refractivity contribution in [2.45, 2.75) is 38.1 Å². The number of nitrogens with zero attached hydrogens (tertiary/aromatic N) is 5. The molecule has 0 aromatic carbocycles. The van der Waals surface area contributed by atoms with Crippen molar-refractivity contribution < 1.29 is 0 Å².